The Bertz CT molecular complexity index is 1400. The fraction of sp³-hybridized carbons (Fsp3) is 0.786. The van der Waals surface area contributed by atoms with Gasteiger partial charge in [-0.25, -0.2) is 0 Å². The number of hydrogen-bond donors (Lipinski definition) is 0. The van der Waals surface area contributed by atoms with Gasteiger partial charge in [-0.2, -0.15) is 0 Å². The molecule has 0 saturated carbocycles. The third-order valence-corrected chi connectivity index (χ3v) is 14.4. The van der Waals surface area contributed by atoms with E-state index in [-0.39, 0.29) is 31.1 Å². The Hall–Kier alpha value is -3.15. The third kappa shape index (κ3) is 61.7. The lowest BCUT2D eigenvalue weighted by molar-refractivity contribution is -0.167. The van der Waals surface area contributed by atoms with E-state index in [2.05, 4.69) is 93.7 Å². The average Bonchev–Trinajstić information content (AvgIpc) is 3.42. The minimum absolute atomic E-state index is 0.0795. The van der Waals surface area contributed by atoms with Crippen LogP contribution in [0.25, 0.3) is 0 Å². The summed E-state index contributed by atoms with van der Waals surface area (Å²) >= 11 is 0. The highest BCUT2D eigenvalue weighted by atomic mass is 16.6. The molecule has 0 aromatic carbocycles. The first kappa shape index (κ1) is 72.8. The van der Waals surface area contributed by atoms with Crippen LogP contribution in [0.4, 0.5) is 0 Å². The number of esters is 3. The molecular formula is C70H124O6. The van der Waals surface area contributed by atoms with Crippen molar-refractivity contribution in [1.29, 1.82) is 0 Å². The first-order chi connectivity index (χ1) is 37.5. The van der Waals surface area contributed by atoms with Crippen molar-refractivity contribution in [3.05, 3.63) is 72.9 Å². The van der Waals surface area contributed by atoms with Crippen LogP contribution in [0, 0.1) is 0 Å². The maximum Gasteiger partial charge on any atom is 0.306 e. The summed E-state index contributed by atoms with van der Waals surface area (Å²) in [4.78, 5) is 38.2. The lowest BCUT2D eigenvalue weighted by Gasteiger charge is -2.18. The van der Waals surface area contributed by atoms with Crippen LogP contribution >= 0.6 is 0 Å². The van der Waals surface area contributed by atoms with E-state index < -0.39 is 6.10 Å². The Morgan fingerprint density at radius 1 is 0.276 bits per heavy atom. The van der Waals surface area contributed by atoms with Gasteiger partial charge in [-0.15, -0.1) is 0 Å². The van der Waals surface area contributed by atoms with Crippen molar-refractivity contribution in [2.24, 2.45) is 0 Å². The highest BCUT2D eigenvalue weighted by Gasteiger charge is 2.19. The summed E-state index contributed by atoms with van der Waals surface area (Å²) < 4.78 is 16.9. The Labute approximate surface area is 472 Å². The largest absolute Gasteiger partial charge is 0.462 e. The van der Waals surface area contributed by atoms with E-state index in [9.17, 15) is 14.4 Å². The summed E-state index contributed by atoms with van der Waals surface area (Å²) in [6.45, 7) is 6.48. The van der Waals surface area contributed by atoms with E-state index in [1.54, 1.807) is 0 Å². The summed E-state index contributed by atoms with van der Waals surface area (Å²) in [5.74, 6) is -0.887. The SMILES string of the molecule is CC/C=C\C/C=C\C/C=C\CCCCCCCCCC(=O)OC(COC(=O)CCCCCCC/C=C\CCC)COC(=O)CCCCCCCCCCCCCCCCCCCCC/C=C\C/C=C\CCCCCCC. The highest BCUT2D eigenvalue weighted by molar-refractivity contribution is 5.71. The fourth-order valence-corrected chi connectivity index (χ4v) is 9.49. The first-order valence-corrected chi connectivity index (χ1v) is 32.9. The van der Waals surface area contributed by atoms with Crippen LogP contribution < -0.4 is 0 Å². The van der Waals surface area contributed by atoms with Gasteiger partial charge in [0.25, 0.3) is 0 Å². The molecule has 0 heterocycles. The molecule has 1 atom stereocenters. The second-order valence-corrected chi connectivity index (χ2v) is 22.0. The number of carbonyl (C=O) groups excluding carboxylic acids is 3. The Morgan fingerprint density at radius 3 is 0.868 bits per heavy atom. The van der Waals surface area contributed by atoms with E-state index >= 15 is 0 Å². The van der Waals surface area contributed by atoms with Crippen LogP contribution in [0.5, 0.6) is 0 Å². The molecule has 0 aromatic rings. The topological polar surface area (TPSA) is 78.9 Å². The Kier molecular flexibility index (Phi) is 61.7. The highest BCUT2D eigenvalue weighted by Crippen LogP contribution is 2.17. The second-order valence-electron chi connectivity index (χ2n) is 22.0. The maximum absolute atomic E-state index is 12.9. The second kappa shape index (κ2) is 64.4. The number of carbonyl (C=O) groups is 3. The average molecular weight is 1060 g/mol. The lowest BCUT2D eigenvalue weighted by atomic mass is 10.0. The van der Waals surface area contributed by atoms with Gasteiger partial charge < -0.3 is 14.2 Å². The molecule has 0 aliphatic heterocycles. The standard InChI is InChI=1S/C70H124O6/c1-4-7-10-13-16-19-22-24-26-28-29-30-31-32-33-34-35-36-37-38-39-40-41-43-44-46-48-51-54-57-60-63-69(72)75-66-67(65-74-68(71)62-59-56-53-50-21-18-15-12-9-6-3)76-70(73)64-61-58-55-52-49-47-45-42-27-25-23-20-17-14-11-8-5-2/h8,11-12,15,17,20,22,24-25,27-29,67H,4-7,9-10,13-14,16,18-19,21,23,26,30-66H2,1-3H3/b11-8-,15-12-,20-17-,24-22-,27-25-,29-28-. The van der Waals surface area contributed by atoms with Crippen molar-refractivity contribution in [3.8, 4) is 0 Å². The van der Waals surface area contributed by atoms with Crippen LogP contribution in [0.1, 0.15) is 335 Å². The van der Waals surface area contributed by atoms with Crippen molar-refractivity contribution in [3.63, 3.8) is 0 Å². The van der Waals surface area contributed by atoms with Crippen LogP contribution in [0.3, 0.4) is 0 Å². The van der Waals surface area contributed by atoms with Gasteiger partial charge in [0.15, 0.2) is 6.10 Å². The molecule has 6 nitrogen and oxygen atoms in total. The van der Waals surface area contributed by atoms with E-state index in [1.165, 1.54) is 193 Å². The fourth-order valence-electron chi connectivity index (χ4n) is 9.49. The number of rotatable bonds is 60. The van der Waals surface area contributed by atoms with E-state index in [0.29, 0.717) is 19.3 Å². The minimum Gasteiger partial charge on any atom is -0.462 e. The van der Waals surface area contributed by atoms with Crippen molar-refractivity contribution in [2.75, 3.05) is 13.2 Å². The van der Waals surface area contributed by atoms with Crippen LogP contribution in [0.2, 0.25) is 0 Å². The van der Waals surface area contributed by atoms with Gasteiger partial charge in [0.2, 0.25) is 0 Å². The van der Waals surface area contributed by atoms with Crippen molar-refractivity contribution in [1.82, 2.24) is 0 Å². The quantitative estimate of drug-likeness (QED) is 0.0261. The van der Waals surface area contributed by atoms with Gasteiger partial charge >= 0.3 is 17.9 Å². The predicted octanol–water partition coefficient (Wildman–Crippen LogP) is 22.5. The molecule has 0 bridgehead atoms. The van der Waals surface area contributed by atoms with Crippen molar-refractivity contribution >= 4 is 17.9 Å². The smallest absolute Gasteiger partial charge is 0.306 e. The molecule has 0 radical (unpaired) electrons. The summed E-state index contributed by atoms with van der Waals surface area (Å²) in [6.07, 6.45) is 83.7. The normalized spacial score (nSPS) is 12.5. The molecule has 76 heavy (non-hydrogen) atoms. The molecule has 0 aliphatic carbocycles. The van der Waals surface area contributed by atoms with Gasteiger partial charge in [0.05, 0.1) is 0 Å². The molecule has 0 aromatic heterocycles. The molecule has 0 rings (SSSR count). The van der Waals surface area contributed by atoms with Crippen LogP contribution in [-0.4, -0.2) is 37.2 Å². The molecule has 440 valence electrons. The molecule has 0 spiro atoms. The molecular weight excluding hydrogens is 937 g/mol. The zero-order valence-corrected chi connectivity index (χ0v) is 50.5. The van der Waals surface area contributed by atoms with E-state index in [1.807, 2.05) is 0 Å². The molecule has 6 heteroatoms. The molecule has 0 N–H and O–H groups in total. The van der Waals surface area contributed by atoms with Gasteiger partial charge in [0, 0.05) is 19.3 Å². The first-order valence-electron chi connectivity index (χ1n) is 32.9. The number of allylic oxidation sites excluding steroid dienone is 12. The molecule has 0 aliphatic rings. The zero-order valence-electron chi connectivity index (χ0n) is 50.5. The molecule has 0 fully saturated rings. The van der Waals surface area contributed by atoms with E-state index in [4.69, 9.17) is 14.2 Å². The zero-order chi connectivity index (χ0) is 55.0. The summed E-state index contributed by atoms with van der Waals surface area (Å²) in [6, 6.07) is 0. The summed E-state index contributed by atoms with van der Waals surface area (Å²) in [7, 11) is 0. The molecule has 0 saturated heterocycles. The van der Waals surface area contributed by atoms with Crippen molar-refractivity contribution in [2.45, 2.75) is 341 Å². The van der Waals surface area contributed by atoms with Crippen molar-refractivity contribution < 1.29 is 28.6 Å². The van der Waals surface area contributed by atoms with Gasteiger partial charge in [0.1, 0.15) is 13.2 Å². The van der Waals surface area contributed by atoms with Crippen LogP contribution in [-0.2, 0) is 28.6 Å². The minimum atomic E-state index is -0.783. The Balaban J connectivity index is 4.11. The van der Waals surface area contributed by atoms with Gasteiger partial charge in [-0.1, -0.05) is 286 Å². The predicted molar refractivity (Wildman–Crippen MR) is 330 cm³/mol. The lowest BCUT2D eigenvalue weighted by Crippen LogP contribution is -2.30. The van der Waals surface area contributed by atoms with Gasteiger partial charge in [-0.3, -0.25) is 14.4 Å². The molecule has 1 unspecified atom stereocenters. The number of ether oxygens (including phenoxy) is 3. The van der Waals surface area contributed by atoms with Crippen LogP contribution in [0.15, 0.2) is 72.9 Å². The Morgan fingerprint density at radius 2 is 0.539 bits per heavy atom. The van der Waals surface area contributed by atoms with Gasteiger partial charge in [-0.05, 0) is 103 Å². The summed E-state index contributed by atoms with van der Waals surface area (Å²) in [5.41, 5.74) is 0. The number of unbranched alkanes of at least 4 members (excludes halogenated alkanes) is 37. The number of hydrogen-bond acceptors (Lipinski definition) is 6. The van der Waals surface area contributed by atoms with E-state index in [0.717, 1.165) is 103 Å². The maximum atomic E-state index is 12.9. The summed E-state index contributed by atoms with van der Waals surface area (Å²) in [5, 5.41) is 0. The molecule has 0 amide bonds. The third-order valence-electron chi connectivity index (χ3n) is 14.4. The monoisotopic (exact) mass is 1060 g/mol.